The summed E-state index contributed by atoms with van der Waals surface area (Å²) in [7, 11) is 0. The Morgan fingerprint density at radius 1 is 1.67 bits per heavy atom. The van der Waals surface area contributed by atoms with Gasteiger partial charge in [0.15, 0.2) is 0 Å². The first-order valence-electron chi connectivity index (χ1n) is 3.55. The van der Waals surface area contributed by atoms with Crippen LogP contribution in [0.25, 0.3) is 0 Å². The number of nitrogens with one attached hydrogen (secondary N) is 2. The Morgan fingerprint density at radius 3 is 2.67 bits per heavy atom. The van der Waals surface area contributed by atoms with Crippen molar-refractivity contribution < 1.29 is 20.8 Å². The van der Waals surface area contributed by atoms with E-state index in [1.165, 1.54) is 0 Å². The fourth-order valence-electron chi connectivity index (χ4n) is 0.655. The number of carbonyl (C=O) groups is 1. The molecule has 0 aliphatic carbocycles. The topological polar surface area (TPSA) is 105 Å². The zero-order valence-corrected chi connectivity index (χ0v) is 7.72. The molecule has 0 saturated heterocycles. The van der Waals surface area contributed by atoms with Crippen LogP contribution in [0, 0.1) is 5.41 Å². The third kappa shape index (κ3) is 6.15. The molecule has 0 aliphatic rings. The maximum atomic E-state index is 10.5. The number of hydrogen-bond acceptors (Lipinski definition) is 3. The average molecular weight is 213 g/mol. The molecule has 0 bridgehead atoms. The molecule has 0 aromatic carbocycles. The van der Waals surface area contributed by atoms with Crippen molar-refractivity contribution in [1.82, 2.24) is 5.32 Å². The molecule has 0 amide bonds. The van der Waals surface area contributed by atoms with Crippen molar-refractivity contribution in [3.05, 3.63) is 0 Å². The van der Waals surface area contributed by atoms with Crippen LogP contribution in [0.4, 0.5) is 0 Å². The molecule has 0 heterocycles. The van der Waals surface area contributed by atoms with Gasteiger partial charge in [-0.2, -0.15) is 0 Å². The van der Waals surface area contributed by atoms with Gasteiger partial charge in [0.2, 0.25) is 0 Å². The Kier molecular flexibility index (Phi) is 5.70. The first-order valence-corrected chi connectivity index (χ1v) is 4.11. The van der Waals surface area contributed by atoms with Crippen LogP contribution < -0.4 is 16.8 Å². The summed E-state index contributed by atoms with van der Waals surface area (Å²) in [4.78, 5) is 10.5. The van der Waals surface area contributed by atoms with Crippen molar-refractivity contribution in [3.63, 3.8) is 0 Å². The summed E-state index contributed by atoms with van der Waals surface area (Å²) in [6.45, 7) is 0.566. The molecule has 0 unspecified atom stereocenters. The van der Waals surface area contributed by atoms with Crippen molar-refractivity contribution in [2.45, 2.75) is 18.9 Å². The summed E-state index contributed by atoms with van der Waals surface area (Å²) >= 11 is 3.20. The number of hydrogen-bond donors (Lipinski definition) is 4. The summed E-state index contributed by atoms with van der Waals surface area (Å²) in [6.07, 6.45) is 1.28. The molecular formula is C6H13FeN4O. The SMILES string of the molecule is N=C(N)NCCC[C@H](N)[C](=O)[Fe]. The van der Waals surface area contributed by atoms with Gasteiger partial charge in [-0.25, -0.2) is 0 Å². The van der Waals surface area contributed by atoms with Crippen molar-refractivity contribution in [3.8, 4) is 0 Å². The van der Waals surface area contributed by atoms with Gasteiger partial charge >= 0.3 is 79.1 Å². The van der Waals surface area contributed by atoms with Gasteiger partial charge in [0.25, 0.3) is 0 Å². The standard InChI is InChI=1S/C6H13N4O.Fe/c7-5(4-11)2-1-3-10-6(8)9;/h5H,1-3,7H2,(H4,8,9,10);/t5-;/m0./s1. The summed E-state index contributed by atoms with van der Waals surface area (Å²) in [6, 6.07) is -0.487. The van der Waals surface area contributed by atoms with E-state index in [0.717, 1.165) is 0 Å². The van der Waals surface area contributed by atoms with Crippen LogP contribution in [-0.4, -0.2) is 23.2 Å². The van der Waals surface area contributed by atoms with E-state index in [-0.39, 0.29) is 10.6 Å². The molecule has 6 heteroatoms. The molecule has 0 aromatic rings. The maximum absolute atomic E-state index is 10.5. The molecule has 0 spiro atoms. The fourth-order valence-corrected chi connectivity index (χ4v) is 0.814. The van der Waals surface area contributed by atoms with Crippen molar-refractivity contribution in [1.29, 1.82) is 5.41 Å². The molecule has 71 valence electrons. The predicted molar refractivity (Wildman–Crippen MR) is 42.1 cm³/mol. The summed E-state index contributed by atoms with van der Waals surface area (Å²) in [5.74, 6) is -0.0653. The van der Waals surface area contributed by atoms with Gasteiger partial charge < -0.3 is 0 Å². The quantitative estimate of drug-likeness (QED) is 0.196. The summed E-state index contributed by atoms with van der Waals surface area (Å²) in [5.41, 5.74) is 10.4. The molecular weight excluding hydrogens is 200 g/mol. The molecule has 5 nitrogen and oxygen atoms in total. The molecule has 0 rings (SSSR count). The second kappa shape index (κ2) is 5.99. The monoisotopic (exact) mass is 213 g/mol. The van der Waals surface area contributed by atoms with Crippen LogP contribution in [-0.2, 0) is 20.8 Å². The van der Waals surface area contributed by atoms with Gasteiger partial charge in [-0.05, 0) is 0 Å². The third-order valence-corrected chi connectivity index (χ3v) is 1.70. The van der Waals surface area contributed by atoms with E-state index in [2.05, 4.69) is 21.3 Å². The molecule has 0 saturated carbocycles. The summed E-state index contributed by atoms with van der Waals surface area (Å²) < 4.78 is -0.252. The zero-order valence-electron chi connectivity index (χ0n) is 6.62. The Labute approximate surface area is 79.6 Å². The molecule has 0 fully saturated rings. The second-order valence-corrected chi connectivity index (χ2v) is 2.93. The first kappa shape index (κ1) is 11.4. The van der Waals surface area contributed by atoms with E-state index < -0.39 is 6.04 Å². The van der Waals surface area contributed by atoms with Gasteiger partial charge in [-0.1, -0.05) is 0 Å². The number of nitrogens with two attached hydrogens (primary N) is 2. The van der Waals surface area contributed by atoms with Gasteiger partial charge in [0.05, 0.1) is 0 Å². The third-order valence-electron chi connectivity index (χ3n) is 1.29. The van der Waals surface area contributed by atoms with Crippen molar-refractivity contribution in [2.24, 2.45) is 11.5 Å². The molecule has 0 aliphatic heterocycles. The van der Waals surface area contributed by atoms with E-state index in [1.807, 2.05) is 0 Å². The zero-order chi connectivity index (χ0) is 9.56. The normalized spacial score (nSPS) is 12.2. The second-order valence-electron chi connectivity index (χ2n) is 2.38. The number of carbonyl (C=O) groups excluding carboxylic acids is 1. The first-order chi connectivity index (χ1) is 5.54. The Balaban J connectivity index is 3.31. The van der Waals surface area contributed by atoms with Gasteiger partial charge in [-0.15, -0.1) is 0 Å². The number of rotatable bonds is 5. The predicted octanol–water partition coefficient (Wildman–Crippen LogP) is -1.35. The molecule has 1 atom stereocenters. The Bertz CT molecular complexity index is 173. The van der Waals surface area contributed by atoms with E-state index >= 15 is 0 Å². The minimum atomic E-state index is -0.487. The van der Waals surface area contributed by atoms with Crippen LogP contribution in [0.2, 0.25) is 0 Å². The Morgan fingerprint density at radius 2 is 2.25 bits per heavy atom. The van der Waals surface area contributed by atoms with E-state index in [9.17, 15) is 4.79 Å². The van der Waals surface area contributed by atoms with Crippen molar-refractivity contribution in [2.75, 3.05) is 6.54 Å². The van der Waals surface area contributed by atoms with Gasteiger partial charge in [-0.3, -0.25) is 0 Å². The van der Waals surface area contributed by atoms with Crippen molar-refractivity contribution >= 4 is 10.6 Å². The molecule has 0 radical (unpaired) electrons. The van der Waals surface area contributed by atoms with Crippen LogP contribution in [0.5, 0.6) is 0 Å². The van der Waals surface area contributed by atoms with Gasteiger partial charge in [0, 0.05) is 0 Å². The molecule has 0 aromatic heterocycles. The van der Waals surface area contributed by atoms with E-state index in [4.69, 9.17) is 16.9 Å². The number of guanidine groups is 1. The van der Waals surface area contributed by atoms with Crippen LogP contribution in [0.15, 0.2) is 0 Å². The Hall–Kier alpha value is -0.581. The summed E-state index contributed by atoms with van der Waals surface area (Å²) in [5, 5.41) is 9.43. The van der Waals surface area contributed by atoms with Crippen LogP contribution in [0.1, 0.15) is 12.8 Å². The van der Waals surface area contributed by atoms with Crippen LogP contribution >= 0.6 is 0 Å². The van der Waals surface area contributed by atoms with Gasteiger partial charge in [0.1, 0.15) is 0 Å². The minimum absolute atomic E-state index is 0.0653. The molecule has 6 N–H and O–H groups in total. The average Bonchev–Trinajstić information content (AvgIpc) is 1.97. The molecule has 12 heavy (non-hydrogen) atoms. The van der Waals surface area contributed by atoms with Crippen LogP contribution in [0.3, 0.4) is 0 Å². The fraction of sp³-hybridized carbons (Fsp3) is 0.667. The van der Waals surface area contributed by atoms with E-state index in [1.54, 1.807) is 0 Å². The van der Waals surface area contributed by atoms with E-state index in [0.29, 0.717) is 19.4 Å².